The zero-order chi connectivity index (χ0) is 18.9. The first kappa shape index (κ1) is 19.5. The van der Waals surface area contributed by atoms with Gasteiger partial charge in [0.2, 0.25) is 5.91 Å². The summed E-state index contributed by atoms with van der Waals surface area (Å²) in [6.07, 6.45) is -0.127. The van der Waals surface area contributed by atoms with Crippen molar-refractivity contribution in [2.75, 3.05) is 17.2 Å². The van der Waals surface area contributed by atoms with Gasteiger partial charge >= 0.3 is 5.97 Å². The monoisotopic (exact) mass is 374 g/mol. The number of amides is 2. The lowest BCUT2D eigenvalue weighted by Gasteiger charge is -2.08. The van der Waals surface area contributed by atoms with E-state index in [1.165, 1.54) is 0 Å². The summed E-state index contributed by atoms with van der Waals surface area (Å²) in [6.45, 7) is 1.46. The molecule has 0 atom stereocenters. The number of esters is 1. The van der Waals surface area contributed by atoms with Gasteiger partial charge in [0.1, 0.15) is 0 Å². The minimum atomic E-state index is -0.615. The SMILES string of the molecule is Cc1ccccc1NC(=O)CCC(=O)OCC(=O)Nc1ccc(Cl)cc1. The van der Waals surface area contributed by atoms with Crippen LogP contribution in [0.4, 0.5) is 11.4 Å². The van der Waals surface area contributed by atoms with Crippen LogP contribution in [0.25, 0.3) is 0 Å². The molecule has 0 saturated heterocycles. The smallest absolute Gasteiger partial charge is 0.306 e. The predicted molar refractivity (Wildman–Crippen MR) is 100 cm³/mol. The highest BCUT2D eigenvalue weighted by atomic mass is 35.5. The van der Waals surface area contributed by atoms with Crippen molar-refractivity contribution in [2.24, 2.45) is 0 Å². The average molecular weight is 375 g/mol. The molecule has 2 aromatic carbocycles. The van der Waals surface area contributed by atoms with E-state index in [0.717, 1.165) is 5.56 Å². The summed E-state index contributed by atoms with van der Waals surface area (Å²) in [4.78, 5) is 35.3. The topological polar surface area (TPSA) is 84.5 Å². The summed E-state index contributed by atoms with van der Waals surface area (Å²) in [5.41, 5.74) is 2.18. The first-order valence-corrected chi connectivity index (χ1v) is 8.38. The van der Waals surface area contributed by atoms with Crippen molar-refractivity contribution < 1.29 is 19.1 Å². The van der Waals surface area contributed by atoms with E-state index in [9.17, 15) is 14.4 Å². The number of aryl methyl sites for hydroxylation is 1. The molecule has 2 rings (SSSR count). The third-order valence-corrected chi connectivity index (χ3v) is 3.72. The molecule has 2 amide bonds. The second kappa shape index (κ2) is 9.58. The molecule has 0 spiro atoms. The molecule has 2 N–H and O–H groups in total. The van der Waals surface area contributed by atoms with E-state index < -0.39 is 18.5 Å². The van der Waals surface area contributed by atoms with E-state index in [0.29, 0.717) is 16.4 Å². The molecule has 6 nitrogen and oxygen atoms in total. The number of hydrogen-bond acceptors (Lipinski definition) is 4. The zero-order valence-corrected chi connectivity index (χ0v) is 15.0. The minimum Gasteiger partial charge on any atom is -0.456 e. The minimum absolute atomic E-state index is 0.0219. The zero-order valence-electron chi connectivity index (χ0n) is 14.3. The number of carbonyl (C=O) groups excluding carboxylic acids is 3. The van der Waals surface area contributed by atoms with Crippen molar-refractivity contribution >= 4 is 40.8 Å². The molecule has 26 heavy (non-hydrogen) atoms. The van der Waals surface area contributed by atoms with E-state index in [4.69, 9.17) is 16.3 Å². The van der Waals surface area contributed by atoms with Crippen LogP contribution < -0.4 is 10.6 Å². The van der Waals surface area contributed by atoms with Gasteiger partial charge in [0.25, 0.3) is 5.91 Å². The Morgan fingerprint density at radius 1 is 0.923 bits per heavy atom. The van der Waals surface area contributed by atoms with Crippen LogP contribution in [0.5, 0.6) is 0 Å². The molecule has 7 heteroatoms. The van der Waals surface area contributed by atoms with Crippen LogP contribution in [0.1, 0.15) is 18.4 Å². The molecule has 0 heterocycles. The molecule has 0 aromatic heterocycles. The largest absolute Gasteiger partial charge is 0.456 e. The van der Waals surface area contributed by atoms with Crippen LogP contribution in [0.15, 0.2) is 48.5 Å². The summed E-state index contributed by atoms with van der Waals surface area (Å²) >= 11 is 5.76. The summed E-state index contributed by atoms with van der Waals surface area (Å²) in [7, 11) is 0. The number of para-hydroxylation sites is 1. The first-order valence-electron chi connectivity index (χ1n) is 8.00. The summed E-state index contributed by atoms with van der Waals surface area (Å²) in [5, 5.41) is 5.86. The molecule has 0 radical (unpaired) electrons. The Balaban J connectivity index is 1.68. The number of carbonyl (C=O) groups is 3. The molecule has 0 aliphatic carbocycles. The maximum atomic E-state index is 11.9. The Morgan fingerprint density at radius 3 is 2.31 bits per heavy atom. The van der Waals surface area contributed by atoms with Gasteiger partial charge in [-0.3, -0.25) is 14.4 Å². The van der Waals surface area contributed by atoms with Gasteiger partial charge in [-0.25, -0.2) is 0 Å². The van der Waals surface area contributed by atoms with Crippen LogP contribution in [-0.4, -0.2) is 24.4 Å². The Labute approximate surface area is 156 Å². The average Bonchev–Trinajstić information content (AvgIpc) is 2.62. The molecular formula is C19H19ClN2O4. The Morgan fingerprint density at radius 2 is 1.62 bits per heavy atom. The maximum absolute atomic E-state index is 11.9. The summed E-state index contributed by atoms with van der Waals surface area (Å²) < 4.78 is 4.87. The standard InChI is InChI=1S/C19H19ClN2O4/c1-13-4-2-3-5-16(13)22-17(23)10-11-19(25)26-12-18(24)21-15-8-6-14(20)7-9-15/h2-9H,10-12H2,1H3,(H,21,24)(H,22,23). The molecule has 0 aliphatic heterocycles. The third-order valence-electron chi connectivity index (χ3n) is 3.47. The van der Waals surface area contributed by atoms with Crippen LogP contribution in [0, 0.1) is 6.92 Å². The molecule has 0 aliphatic rings. The molecule has 0 bridgehead atoms. The fraction of sp³-hybridized carbons (Fsp3) is 0.211. The van der Waals surface area contributed by atoms with Crippen molar-refractivity contribution in [3.63, 3.8) is 0 Å². The third kappa shape index (κ3) is 6.57. The first-order chi connectivity index (χ1) is 12.4. The van der Waals surface area contributed by atoms with Crippen molar-refractivity contribution in [1.29, 1.82) is 0 Å². The molecule has 0 saturated carbocycles. The van der Waals surface area contributed by atoms with Crippen molar-refractivity contribution in [3.8, 4) is 0 Å². The fourth-order valence-electron chi connectivity index (χ4n) is 2.09. The summed E-state index contributed by atoms with van der Waals surface area (Å²) in [6, 6.07) is 13.9. The molecule has 0 unspecified atom stereocenters. The van der Waals surface area contributed by atoms with Gasteiger partial charge in [-0.2, -0.15) is 0 Å². The van der Waals surface area contributed by atoms with Crippen molar-refractivity contribution in [2.45, 2.75) is 19.8 Å². The fourth-order valence-corrected chi connectivity index (χ4v) is 2.22. The van der Waals surface area contributed by atoms with Crippen molar-refractivity contribution in [3.05, 3.63) is 59.1 Å². The Bertz CT molecular complexity index is 790. The van der Waals surface area contributed by atoms with Gasteiger partial charge in [0, 0.05) is 22.8 Å². The van der Waals surface area contributed by atoms with Gasteiger partial charge in [0.05, 0.1) is 6.42 Å². The normalized spacial score (nSPS) is 10.1. The number of nitrogens with one attached hydrogen (secondary N) is 2. The van der Waals surface area contributed by atoms with E-state index in [-0.39, 0.29) is 18.7 Å². The lowest BCUT2D eigenvalue weighted by molar-refractivity contribution is -0.147. The second-order valence-electron chi connectivity index (χ2n) is 5.58. The second-order valence-corrected chi connectivity index (χ2v) is 6.02. The van der Waals surface area contributed by atoms with E-state index >= 15 is 0 Å². The van der Waals surface area contributed by atoms with Gasteiger partial charge < -0.3 is 15.4 Å². The van der Waals surface area contributed by atoms with Crippen LogP contribution in [-0.2, 0) is 19.1 Å². The Hall–Kier alpha value is -2.86. The number of benzene rings is 2. The van der Waals surface area contributed by atoms with Gasteiger partial charge in [-0.05, 0) is 42.8 Å². The van der Waals surface area contributed by atoms with Gasteiger partial charge in [0.15, 0.2) is 6.61 Å². The lowest BCUT2D eigenvalue weighted by atomic mass is 10.2. The molecule has 136 valence electrons. The molecule has 0 fully saturated rings. The molecule has 2 aromatic rings. The van der Waals surface area contributed by atoms with Gasteiger partial charge in [-0.15, -0.1) is 0 Å². The van der Waals surface area contributed by atoms with E-state index in [1.807, 2.05) is 25.1 Å². The van der Waals surface area contributed by atoms with Crippen molar-refractivity contribution in [1.82, 2.24) is 0 Å². The highest BCUT2D eigenvalue weighted by molar-refractivity contribution is 6.30. The highest BCUT2D eigenvalue weighted by Crippen LogP contribution is 2.14. The van der Waals surface area contributed by atoms with E-state index in [1.54, 1.807) is 30.3 Å². The highest BCUT2D eigenvalue weighted by Gasteiger charge is 2.11. The maximum Gasteiger partial charge on any atom is 0.306 e. The van der Waals surface area contributed by atoms with Crippen LogP contribution in [0.2, 0.25) is 5.02 Å². The number of rotatable bonds is 7. The predicted octanol–water partition coefficient (Wildman–Crippen LogP) is 3.55. The number of anilines is 2. The van der Waals surface area contributed by atoms with Crippen LogP contribution in [0.3, 0.4) is 0 Å². The molecular weight excluding hydrogens is 356 g/mol. The Kier molecular flexibility index (Phi) is 7.17. The quantitative estimate of drug-likeness (QED) is 0.726. The number of hydrogen-bond donors (Lipinski definition) is 2. The number of ether oxygens (including phenoxy) is 1. The summed E-state index contributed by atoms with van der Waals surface area (Å²) in [5.74, 6) is -1.37. The van der Waals surface area contributed by atoms with E-state index in [2.05, 4.69) is 10.6 Å². The number of halogens is 1. The van der Waals surface area contributed by atoms with Crippen LogP contribution >= 0.6 is 11.6 Å². The van der Waals surface area contributed by atoms with Gasteiger partial charge in [-0.1, -0.05) is 29.8 Å². The lowest BCUT2D eigenvalue weighted by Crippen LogP contribution is -2.21.